The first-order valence-corrected chi connectivity index (χ1v) is 6.78. The molecule has 0 unspecified atom stereocenters. The van der Waals surface area contributed by atoms with Crippen LogP contribution in [0, 0.1) is 5.82 Å². The predicted octanol–water partition coefficient (Wildman–Crippen LogP) is 2.23. The molecule has 0 aromatic heterocycles. The van der Waals surface area contributed by atoms with Crippen molar-refractivity contribution >= 4 is 0 Å². The SMILES string of the molecule is CNCC1(c2cc(F)ccc2OC)CCC(O)CC1. The molecule has 1 aromatic carbocycles. The van der Waals surface area contributed by atoms with Gasteiger partial charge in [-0.25, -0.2) is 4.39 Å². The minimum atomic E-state index is -0.239. The minimum Gasteiger partial charge on any atom is -0.496 e. The van der Waals surface area contributed by atoms with E-state index in [0.717, 1.165) is 43.5 Å². The van der Waals surface area contributed by atoms with Crippen LogP contribution in [-0.2, 0) is 5.41 Å². The monoisotopic (exact) mass is 267 g/mol. The molecule has 1 saturated carbocycles. The lowest BCUT2D eigenvalue weighted by Crippen LogP contribution is -2.41. The van der Waals surface area contributed by atoms with Crippen LogP contribution in [-0.4, -0.2) is 31.9 Å². The molecule has 0 spiro atoms. The molecule has 1 aliphatic carbocycles. The van der Waals surface area contributed by atoms with Gasteiger partial charge in [0.25, 0.3) is 0 Å². The fourth-order valence-corrected chi connectivity index (χ4v) is 3.13. The molecule has 0 bridgehead atoms. The summed E-state index contributed by atoms with van der Waals surface area (Å²) >= 11 is 0. The van der Waals surface area contributed by atoms with Crippen LogP contribution in [0.25, 0.3) is 0 Å². The summed E-state index contributed by atoms with van der Waals surface area (Å²) in [4.78, 5) is 0. The van der Waals surface area contributed by atoms with Crippen molar-refractivity contribution < 1.29 is 14.2 Å². The summed E-state index contributed by atoms with van der Waals surface area (Å²) < 4.78 is 19.0. The van der Waals surface area contributed by atoms with Gasteiger partial charge in [-0.2, -0.15) is 0 Å². The molecule has 0 heterocycles. The van der Waals surface area contributed by atoms with E-state index in [1.54, 1.807) is 19.2 Å². The van der Waals surface area contributed by atoms with E-state index >= 15 is 0 Å². The van der Waals surface area contributed by atoms with Gasteiger partial charge in [-0.15, -0.1) is 0 Å². The molecule has 0 atom stereocenters. The lowest BCUT2D eigenvalue weighted by molar-refractivity contribution is 0.0942. The summed E-state index contributed by atoms with van der Waals surface area (Å²) in [5.41, 5.74) is 0.762. The highest BCUT2D eigenvalue weighted by atomic mass is 19.1. The fraction of sp³-hybridized carbons (Fsp3) is 0.600. The zero-order chi connectivity index (χ0) is 13.9. The number of nitrogens with one attached hydrogen (secondary N) is 1. The smallest absolute Gasteiger partial charge is 0.123 e. The molecule has 0 aliphatic heterocycles. The number of halogens is 1. The van der Waals surface area contributed by atoms with Gasteiger partial charge in [0.1, 0.15) is 11.6 Å². The van der Waals surface area contributed by atoms with E-state index in [1.165, 1.54) is 6.07 Å². The van der Waals surface area contributed by atoms with E-state index in [-0.39, 0.29) is 17.3 Å². The molecule has 4 heteroatoms. The second-order valence-electron chi connectivity index (χ2n) is 5.39. The highest BCUT2D eigenvalue weighted by Gasteiger charge is 2.38. The molecule has 1 aromatic rings. The number of likely N-dealkylation sites (N-methyl/N-ethyl adjacent to an activating group) is 1. The Labute approximate surface area is 113 Å². The number of hydrogen-bond donors (Lipinski definition) is 2. The van der Waals surface area contributed by atoms with E-state index in [1.807, 2.05) is 7.05 Å². The Morgan fingerprint density at radius 2 is 2.11 bits per heavy atom. The molecule has 1 fully saturated rings. The zero-order valence-electron chi connectivity index (χ0n) is 11.6. The minimum absolute atomic E-state index is 0.151. The molecule has 19 heavy (non-hydrogen) atoms. The van der Waals surface area contributed by atoms with Gasteiger partial charge in [0.2, 0.25) is 0 Å². The summed E-state index contributed by atoms with van der Waals surface area (Å²) in [5, 5.41) is 12.9. The standard InChI is InChI=1S/C15H22FNO2/c1-17-10-15(7-5-12(18)6-8-15)13-9-11(16)3-4-14(13)19-2/h3-4,9,12,17-18H,5-8,10H2,1-2H3. The molecule has 2 rings (SSSR count). The summed E-state index contributed by atoms with van der Waals surface area (Å²) in [6.45, 7) is 0.763. The quantitative estimate of drug-likeness (QED) is 0.879. The van der Waals surface area contributed by atoms with Crippen LogP contribution in [0.3, 0.4) is 0 Å². The average Bonchev–Trinajstić information content (AvgIpc) is 2.42. The fourth-order valence-electron chi connectivity index (χ4n) is 3.13. The summed E-state index contributed by atoms with van der Waals surface area (Å²) in [6, 6.07) is 4.69. The van der Waals surface area contributed by atoms with Crippen molar-refractivity contribution in [2.45, 2.75) is 37.2 Å². The van der Waals surface area contributed by atoms with Crippen molar-refractivity contribution in [2.24, 2.45) is 0 Å². The van der Waals surface area contributed by atoms with E-state index in [9.17, 15) is 9.50 Å². The van der Waals surface area contributed by atoms with Gasteiger partial charge in [-0.3, -0.25) is 0 Å². The molecule has 0 amide bonds. The number of hydrogen-bond acceptors (Lipinski definition) is 3. The van der Waals surface area contributed by atoms with Crippen LogP contribution >= 0.6 is 0 Å². The van der Waals surface area contributed by atoms with Crippen molar-refractivity contribution in [3.05, 3.63) is 29.6 Å². The number of aliphatic hydroxyl groups excluding tert-OH is 1. The third-order valence-corrected chi connectivity index (χ3v) is 4.16. The number of aliphatic hydroxyl groups is 1. The number of rotatable bonds is 4. The lowest BCUT2D eigenvalue weighted by Gasteiger charge is -2.40. The highest BCUT2D eigenvalue weighted by Crippen LogP contribution is 2.43. The average molecular weight is 267 g/mol. The van der Waals surface area contributed by atoms with Gasteiger partial charge in [-0.05, 0) is 50.9 Å². The van der Waals surface area contributed by atoms with E-state index < -0.39 is 0 Å². The lowest BCUT2D eigenvalue weighted by atomic mass is 9.68. The molecular formula is C15H22FNO2. The Balaban J connectivity index is 2.41. The normalized spacial score (nSPS) is 27.3. The first kappa shape index (κ1) is 14.3. The maximum atomic E-state index is 13.6. The topological polar surface area (TPSA) is 41.5 Å². The number of methoxy groups -OCH3 is 1. The third kappa shape index (κ3) is 2.90. The Kier molecular flexibility index (Phi) is 4.42. The van der Waals surface area contributed by atoms with Crippen molar-refractivity contribution in [1.82, 2.24) is 5.32 Å². The summed E-state index contributed by atoms with van der Waals surface area (Å²) in [7, 11) is 3.51. The summed E-state index contributed by atoms with van der Waals surface area (Å²) in [5.74, 6) is 0.491. The highest BCUT2D eigenvalue weighted by molar-refractivity contribution is 5.41. The van der Waals surface area contributed by atoms with Crippen molar-refractivity contribution in [1.29, 1.82) is 0 Å². The van der Waals surface area contributed by atoms with Gasteiger partial charge in [0, 0.05) is 17.5 Å². The van der Waals surface area contributed by atoms with Crippen molar-refractivity contribution in [2.75, 3.05) is 20.7 Å². The molecule has 106 valence electrons. The first-order valence-electron chi connectivity index (χ1n) is 6.78. The largest absolute Gasteiger partial charge is 0.496 e. The van der Waals surface area contributed by atoms with Crippen LogP contribution in [0.1, 0.15) is 31.2 Å². The Morgan fingerprint density at radius 1 is 1.42 bits per heavy atom. The van der Waals surface area contributed by atoms with E-state index in [0.29, 0.717) is 0 Å². The van der Waals surface area contributed by atoms with Crippen LogP contribution in [0.2, 0.25) is 0 Å². The molecule has 2 N–H and O–H groups in total. The second kappa shape index (κ2) is 5.88. The van der Waals surface area contributed by atoms with E-state index in [2.05, 4.69) is 5.32 Å². The van der Waals surface area contributed by atoms with Gasteiger partial charge >= 0.3 is 0 Å². The maximum absolute atomic E-state index is 13.6. The van der Waals surface area contributed by atoms with E-state index in [4.69, 9.17) is 4.74 Å². The molecule has 3 nitrogen and oxygen atoms in total. The second-order valence-corrected chi connectivity index (χ2v) is 5.39. The molecular weight excluding hydrogens is 245 g/mol. The van der Waals surface area contributed by atoms with Gasteiger partial charge in [-0.1, -0.05) is 0 Å². The number of benzene rings is 1. The first-order chi connectivity index (χ1) is 9.11. The van der Waals surface area contributed by atoms with Crippen LogP contribution in [0.15, 0.2) is 18.2 Å². The zero-order valence-corrected chi connectivity index (χ0v) is 11.6. The predicted molar refractivity (Wildman–Crippen MR) is 73.0 cm³/mol. The Hall–Kier alpha value is -1.13. The molecule has 1 aliphatic rings. The van der Waals surface area contributed by atoms with Crippen molar-refractivity contribution in [3.63, 3.8) is 0 Å². The summed E-state index contributed by atoms with van der Waals surface area (Å²) in [6.07, 6.45) is 2.95. The van der Waals surface area contributed by atoms with Crippen molar-refractivity contribution in [3.8, 4) is 5.75 Å². The maximum Gasteiger partial charge on any atom is 0.123 e. The molecule has 0 radical (unpaired) electrons. The van der Waals surface area contributed by atoms with Gasteiger partial charge < -0.3 is 15.2 Å². The Morgan fingerprint density at radius 3 is 2.68 bits per heavy atom. The number of ether oxygens (including phenoxy) is 1. The van der Waals surface area contributed by atoms with Crippen LogP contribution in [0.5, 0.6) is 5.75 Å². The van der Waals surface area contributed by atoms with Gasteiger partial charge in [0.05, 0.1) is 13.2 Å². The van der Waals surface area contributed by atoms with Gasteiger partial charge in [0.15, 0.2) is 0 Å². The Bertz CT molecular complexity index is 428. The van der Waals surface area contributed by atoms with Crippen LogP contribution < -0.4 is 10.1 Å². The van der Waals surface area contributed by atoms with Crippen LogP contribution in [0.4, 0.5) is 4.39 Å². The third-order valence-electron chi connectivity index (χ3n) is 4.16. The molecule has 0 saturated heterocycles.